The zero-order valence-electron chi connectivity index (χ0n) is 12.4. The molecule has 1 aromatic carbocycles. The highest BCUT2D eigenvalue weighted by Gasteiger charge is 2.49. The molecule has 1 aromatic heterocycles. The maximum atomic E-state index is 12.7. The first-order valence-electron chi connectivity index (χ1n) is 7.84. The van der Waals surface area contributed by atoms with Gasteiger partial charge in [-0.1, -0.05) is 25.1 Å². The molecule has 1 spiro atoms. The van der Waals surface area contributed by atoms with E-state index in [9.17, 15) is 4.79 Å². The number of hydrogen-bond donors (Lipinski definition) is 1. The van der Waals surface area contributed by atoms with E-state index < -0.39 is 0 Å². The summed E-state index contributed by atoms with van der Waals surface area (Å²) < 4.78 is 0. The van der Waals surface area contributed by atoms with Gasteiger partial charge in [-0.25, -0.2) is 0 Å². The van der Waals surface area contributed by atoms with E-state index >= 15 is 0 Å². The standard InChI is InChI=1S/C17H21N3O/c1-2-20-10-8-17(20)7-9-19(12-17)16(21)15-11-13-5-3-4-6-14(13)18-15/h3-6,11,18H,2,7-10,12H2,1H3. The summed E-state index contributed by atoms with van der Waals surface area (Å²) in [6, 6.07) is 10.0. The van der Waals surface area contributed by atoms with E-state index in [1.165, 1.54) is 13.0 Å². The summed E-state index contributed by atoms with van der Waals surface area (Å²) in [4.78, 5) is 20.5. The number of fused-ring (bicyclic) bond motifs is 1. The van der Waals surface area contributed by atoms with Gasteiger partial charge in [0.05, 0.1) is 0 Å². The third-order valence-corrected chi connectivity index (χ3v) is 5.28. The molecule has 2 fully saturated rings. The number of likely N-dealkylation sites (N-methyl/N-ethyl adjacent to an activating group) is 1. The fourth-order valence-electron chi connectivity index (χ4n) is 3.93. The lowest BCUT2D eigenvalue weighted by atomic mass is 9.84. The molecule has 2 saturated heterocycles. The van der Waals surface area contributed by atoms with Gasteiger partial charge in [-0.05, 0) is 31.5 Å². The number of para-hydroxylation sites is 1. The fraction of sp³-hybridized carbons (Fsp3) is 0.471. The molecule has 1 amide bonds. The number of nitrogens with one attached hydrogen (secondary N) is 1. The van der Waals surface area contributed by atoms with Crippen molar-refractivity contribution >= 4 is 16.8 Å². The van der Waals surface area contributed by atoms with Crippen LogP contribution in [0.25, 0.3) is 10.9 Å². The molecule has 4 heteroatoms. The van der Waals surface area contributed by atoms with Gasteiger partial charge < -0.3 is 9.88 Å². The Kier molecular flexibility index (Phi) is 2.82. The number of amides is 1. The van der Waals surface area contributed by atoms with Crippen LogP contribution in [0.1, 0.15) is 30.3 Å². The number of hydrogen-bond acceptors (Lipinski definition) is 2. The topological polar surface area (TPSA) is 39.3 Å². The van der Waals surface area contributed by atoms with Gasteiger partial charge >= 0.3 is 0 Å². The minimum Gasteiger partial charge on any atom is -0.351 e. The first-order chi connectivity index (χ1) is 10.2. The van der Waals surface area contributed by atoms with Crippen LogP contribution in [0.15, 0.2) is 30.3 Å². The van der Waals surface area contributed by atoms with Crippen LogP contribution < -0.4 is 0 Å². The highest BCUT2D eigenvalue weighted by molar-refractivity contribution is 5.98. The van der Waals surface area contributed by atoms with Crippen LogP contribution in [0.4, 0.5) is 0 Å². The molecule has 4 nitrogen and oxygen atoms in total. The second kappa shape index (κ2) is 4.60. The highest BCUT2D eigenvalue weighted by Crippen LogP contribution is 2.39. The van der Waals surface area contributed by atoms with Gasteiger partial charge in [0.15, 0.2) is 0 Å². The highest BCUT2D eigenvalue weighted by atomic mass is 16.2. The summed E-state index contributed by atoms with van der Waals surface area (Å²) in [5, 5.41) is 1.11. The van der Waals surface area contributed by atoms with Crippen LogP contribution in [0.5, 0.6) is 0 Å². The smallest absolute Gasteiger partial charge is 0.270 e. The lowest BCUT2D eigenvalue weighted by Crippen LogP contribution is -2.61. The number of H-pyrrole nitrogens is 1. The summed E-state index contributed by atoms with van der Waals surface area (Å²) in [5.41, 5.74) is 2.03. The third kappa shape index (κ3) is 1.89. The normalized spacial score (nSPS) is 25.7. The first-order valence-corrected chi connectivity index (χ1v) is 7.84. The van der Waals surface area contributed by atoms with E-state index in [4.69, 9.17) is 0 Å². The largest absolute Gasteiger partial charge is 0.351 e. The van der Waals surface area contributed by atoms with Crippen molar-refractivity contribution in [2.45, 2.75) is 25.3 Å². The van der Waals surface area contributed by atoms with Crippen molar-refractivity contribution in [3.63, 3.8) is 0 Å². The average molecular weight is 283 g/mol. The molecule has 1 N–H and O–H groups in total. The Hall–Kier alpha value is -1.81. The van der Waals surface area contributed by atoms with Crippen molar-refractivity contribution in [3.8, 4) is 0 Å². The molecule has 2 aliphatic heterocycles. The predicted molar refractivity (Wildman–Crippen MR) is 83.4 cm³/mol. The SMILES string of the molecule is CCN1CCC12CCN(C(=O)c1cc3ccccc3[nH]1)C2. The number of benzene rings is 1. The molecule has 0 radical (unpaired) electrons. The number of nitrogens with zero attached hydrogens (tertiary/aromatic N) is 2. The van der Waals surface area contributed by atoms with Crippen molar-refractivity contribution in [1.29, 1.82) is 0 Å². The third-order valence-electron chi connectivity index (χ3n) is 5.28. The van der Waals surface area contributed by atoms with E-state index in [0.29, 0.717) is 0 Å². The van der Waals surface area contributed by atoms with Crippen molar-refractivity contribution in [1.82, 2.24) is 14.8 Å². The molecule has 0 bridgehead atoms. The lowest BCUT2D eigenvalue weighted by molar-refractivity contribution is -0.000805. The molecule has 3 heterocycles. The van der Waals surface area contributed by atoms with E-state index in [0.717, 1.165) is 42.7 Å². The van der Waals surface area contributed by atoms with E-state index in [-0.39, 0.29) is 11.4 Å². The minimum absolute atomic E-state index is 0.144. The van der Waals surface area contributed by atoms with Gasteiger partial charge in [0.1, 0.15) is 5.69 Å². The van der Waals surface area contributed by atoms with E-state index in [2.05, 4.69) is 16.8 Å². The lowest BCUT2D eigenvalue weighted by Gasteiger charge is -2.50. The molecule has 0 aliphatic carbocycles. The number of aromatic nitrogens is 1. The molecular weight excluding hydrogens is 262 g/mol. The summed E-state index contributed by atoms with van der Waals surface area (Å²) >= 11 is 0. The molecule has 2 aromatic rings. The Bertz CT molecular complexity index is 657. The monoisotopic (exact) mass is 283 g/mol. The van der Waals surface area contributed by atoms with Gasteiger partial charge in [-0.15, -0.1) is 0 Å². The van der Waals surface area contributed by atoms with Crippen LogP contribution in [0.3, 0.4) is 0 Å². The van der Waals surface area contributed by atoms with E-state index in [1.807, 2.05) is 35.2 Å². The second-order valence-corrected chi connectivity index (χ2v) is 6.30. The summed E-state index contributed by atoms with van der Waals surface area (Å²) in [6.45, 7) is 6.25. The van der Waals surface area contributed by atoms with Crippen LogP contribution >= 0.6 is 0 Å². The zero-order chi connectivity index (χ0) is 14.4. The number of rotatable bonds is 2. The Morgan fingerprint density at radius 3 is 2.81 bits per heavy atom. The Labute approximate surface area is 124 Å². The fourth-order valence-corrected chi connectivity index (χ4v) is 3.93. The Balaban J connectivity index is 1.55. The quantitative estimate of drug-likeness (QED) is 0.919. The molecule has 4 rings (SSSR count). The van der Waals surface area contributed by atoms with Gasteiger partial charge in [-0.3, -0.25) is 9.69 Å². The molecule has 110 valence electrons. The molecule has 1 atom stereocenters. The maximum Gasteiger partial charge on any atom is 0.270 e. The molecule has 1 unspecified atom stereocenters. The second-order valence-electron chi connectivity index (χ2n) is 6.30. The van der Waals surface area contributed by atoms with Crippen LogP contribution in [-0.4, -0.2) is 52.4 Å². The number of carbonyl (C=O) groups is 1. The number of aromatic amines is 1. The zero-order valence-corrected chi connectivity index (χ0v) is 12.4. The maximum absolute atomic E-state index is 12.7. The summed E-state index contributed by atoms with van der Waals surface area (Å²) in [5.74, 6) is 0.144. The van der Waals surface area contributed by atoms with Crippen LogP contribution in [0.2, 0.25) is 0 Å². The van der Waals surface area contributed by atoms with Gasteiger partial charge in [0.25, 0.3) is 5.91 Å². The van der Waals surface area contributed by atoms with Crippen molar-refractivity contribution in [2.75, 3.05) is 26.2 Å². The molecule has 2 aliphatic rings. The van der Waals surface area contributed by atoms with Crippen LogP contribution in [-0.2, 0) is 0 Å². The Morgan fingerprint density at radius 1 is 1.29 bits per heavy atom. The Morgan fingerprint density at radius 2 is 2.10 bits per heavy atom. The molecular formula is C17H21N3O. The molecule has 0 saturated carbocycles. The van der Waals surface area contributed by atoms with Crippen molar-refractivity contribution in [2.24, 2.45) is 0 Å². The summed E-state index contributed by atoms with van der Waals surface area (Å²) in [6.07, 6.45) is 2.35. The average Bonchev–Trinajstić information content (AvgIpc) is 3.11. The predicted octanol–water partition coefficient (Wildman–Crippen LogP) is 2.48. The van der Waals surface area contributed by atoms with Gasteiger partial charge in [-0.2, -0.15) is 0 Å². The van der Waals surface area contributed by atoms with Crippen molar-refractivity contribution in [3.05, 3.63) is 36.0 Å². The minimum atomic E-state index is 0.144. The van der Waals surface area contributed by atoms with E-state index in [1.54, 1.807) is 0 Å². The van der Waals surface area contributed by atoms with Crippen molar-refractivity contribution < 1.29 is 4.79 Å². The summed E-state index contributed by atoms with van der Waals surface area (Å²) in [7, 11) is 0. The first kappa shape index (κ1) is 12.9. The number of likely N-dealkylation sites (tertiary alicyclic amines) is 2. The van der Waals surface area contributed by atoms with Gasteiger partial charge in [0, 0.05) is 36.1 Å². The van der Waals surface area contributed by atoms with Crippen LogP contribution in [0, 0.1) is 0 Å². The number of carbonyl (C=O) groups excluding carboxylic acids is 1. The van der Waals surface area contributed by atoms with Gasteiger partial charge in [0.2, 0.25) is 0 Å². The molecule has 21 heavy (non-hydrogen) atoms.